The van der Waals surface area contributed by atoms with Gasteiger partial charge in [-0.2, -0.15) is 0 Å². The minimum Gasteiger partial charge on any atom is -0.0710 e. The van der Waals surface area contributed by atoms with E-state index < -0.39 is 0 Å². The third-order valence-corrected chi connectivity index (χ3v) is 4.26. The lowest BCUT2D eigenvalue weighted by Gasteiger charge is -2.27. The number of hydrogen-bond acceptors (Lipinski definition) is 0. The van der Waals surface area contributed by atoms with Gasteiger partial charge in [-0.1, -0.05) is 25.0 Å². The number of rotatable bonds is 1. The third kappa shape index (κ3) is 0.967. The summed E-state index contributed by atoms with van der Waals surface area (Å²) in [4.78, 5) is 0. The molecule has 0 aromatic heterocycles. The first kappa shape index (κ1) is 8.34. The van der Waals surface area contributed by atoms with Crippen LogP contribution in [0.25, 0.3) is 0 Å². The first-order valence-corrected chi connectivity index (χ1v) is 5.28. The van der Waals surface area contributed by atoms with Gasteiger partial charge in [0.2, 0.25) is 0 Å². The van der Waals surface area contributed by atoms with Crippen molar-refractivity contribution >= 4 is 0 Å². The van der Waals surface area contributed by atoms with Gasteiger partial charge >= 0.3 is 0 Å². The Morgan fingerprint density at radius 1 is 1.08 bits per heavy atom. The van der Waals surface area contributed by atoms with E-state index in [1.165, 1.54) is 12.8 Å². The molecule has 2 aliphatic carbocycles. The van der Waals surface area contributed by atoms with Gasteiger partial charge in [0.05, 0.1) is 0 Å². The normalized spacial score (nSPS) is 40.2. The lowest BCUT2D eigenvalue weighted by atomic mass is 9.78. The average Bonchev–Trinajstić information content (AvgIpc) is 2.53. The average molecular weight is 164 g/mol. The van der Waals surface area contributed by atoms with E-state index in [2.05, 4.69) is 27.7 Å². The molecule has 0 radical (unpaired) electrons. The van der Waals surface area contributed by atoms with Crippen LogP contribution in [0.15, 0.2) is 11.1 Å². The van der Waals surface area contributed by atoms with E-state index in [4.69, 9.17) is 0 Å². The van der Waals surface area contributed by atoms with Crippen LogP contribution in [0.1, 0.15) is 40.5 Å². The topological polar surface area (TPSA) is 0 Å². The van der Waals surface area contributed by atoms with Crippen molar-refractivity contribution in [1.82, 2.24) is 0 Å². The highest BCUT2D eigenvalue weighted by molar-refractivity contribution is 5.27. The zero-order chi connectivity index (χ0) is 8.88. The van der Waals surface area contributed by atoms with Crippen molar-refractivity contribution in [2.45, 2.75) is 40.5 Å². The van der Waals surface area contributed by atoms with Crippen LogP contribution in [-0.2, 0) is 0 Å². The second-order valence-electron chi connectivity index (χ2n) is 5.05. The molecule has 2 aliphatic rings. The quantitative estimate of drug-likeness (QED) is 0.519. The Labute approximate surface area is 76.1 Å². The highest BCUT2D eigenvalue weighted by atomic mass is 14.5. The van der Waals surface area contributed by atoms with Crippen molar-refractivity contribution in [2.24, 2.45) is 23.7 Å². The molecule has 3 unspecified atom stereocenters. The highest BCUT2D eigenvalue weighted by Gasteiger charge is 2.42. The lowest BCUT2D eigenvalue weighted by Crippen LogP contribution is -2.17. The van der Waals surface area contributed by atoms with Gasteiger partial charge < -0.3 is 0 Å². The van der Waals surface area contributed by atoms with Crippen LogP contribution in [0.2, 0.25) is 0 Å². The summed E-state index contributed by atoms with van der Waals surface area (Å²) in [6, 6.07) is 0. The van der Waals surface area contributed by atoms with Crippen molar-refractivity contribution in [3.05, 3.63) is 11.1 Å². The Bertz CT molecular complexity index is 222. The zero-order valence-corrected chi connectivity index (χ0v) is 8.72. The monoisotopic (exact) mass is 164 g/mol. The molecule has 0 nitrogen and oxygen atoms in total. The van der Waals surface area contributed by atoms with Gasteiger partial charge in [0, 0.05) is 0 Å². The van der Waals surface area contributed by atoms with E-state index in [1.807, 2.05) is 0 Å². The third-order valence-electron chi connectivity index (χ3n) is 4.26. The zero-order valence-electron chi connectivity index (χ0n) is 8.72. The maximum atomic E-state index is 2.38. The smallest absolute Gasteiger partial charge is 0.0167 e. The fourth-order valence-electron chi connectivity index (χ4n) is 3.27. The summed E-state index contributed by atoms with van der Waals surface area (Å²) in [6.07, 6.45) is 2.95. The van der Waals surface area contributed by atoms with Gasteiger partial charge in [-0.15, -0.1) is 0 Å². The minimum atomic E-state index is 0.892. The molecule has 0 aromatic rings. The van der Waals surface area contributed by atoms with Crippen LogP contribution in [0, 0.1) is 23.7 Å². The second-order valence-corrected chi connectivity index (χ2v) is 5.05. The highest BCUT2D eigenvalue weighted by Crippen LogP contribution is 2.53. The molecule has 0 heterocycles. The standard InChI is InChI=1S/C12H20/c1-7(2)11-5-10-6-12(11)9(4)8(10)3/h7,10-12H,5-6H2,1-4H3. The molecule has 0 amide bonds. The van der Waals surface area contributed by atoms with Crippen molar-refractivity contribution < 1.29 is 0 Å². The molecule has 12 heavy (non-hydrogen) atoms. The molecule has 0 saturated heterocycles. The summed E-state index contributed by atoms with van der Waals surface area (Å²) < 4.78 is 0. The summed E-state index contributed by atoms with van der Waals surface area (Å²) in [5, 5.41) is 0. The Morgan fingerprint density at radius 3 is 2.17 bits per heavy atom. The van der Waals surface area contributed by atoms with Gasteiger partial charge in [-0.05, 0) is 50.4 Å². The van der Waals surface area contributed by atoms with Crippen molar-refractivity contribution in [3.63, 3.8) is 0 Å². The molecule has 0 aromatic carbocycles. The molecule has 1 saturated carbocycles. The van der Waals surface area contributed by atoms with Crippen LogP contribution in [0.3, 0.4) is 0 Å². The van der Waals surface area contributed by atoms with E-state index in [0.717, 1.165) is 23.7 Å². The van der Waals surface area contributed by atoms with Crippen LogP contribution in [0.5, 0.6) is 0 Å². The van der Waals surface area contributed by atoms with E-state index in [1.54, 1.807) is 11.1 Å². The Kier molecular flexibility index (Phi) is 1.82. The first-order valence-electron chi connectivity index (χ1n) is 5.28. The summed E-state index contributed by atoms with van der Waals surface area (Å²) in [5.41, 5.74) is 3.45. The Balaban J connectivity index is 2.22. The van der Waals surface area contributed by atoms with E-state index >= 15 is 0 Å². The fraction of sp³-hybridized carbons (Fsp3) is 0.833. The van der Waals surface area contributed by atoms with Crippen molar-refractivity contribution in [1.29, 1.82) is 0 Å². The van der Waals surface area contributed by atoms with Crippen LogP contribution < -0.4 is 0 Å². The van der Waals surface area contributed by atoms with Gasteiger partial charge in [0.1, 0.15) is 0 Å². The molecular weight excluding hydrogens is 144 g/mol. The maximum Gasteiger partial charge on any atom is -0.0167 e. The largest absolute Gasteiger partial charge is 0.0710 e. The molecule has 0 spiro atoms. The molecule has 2 rings (SSSR count). The molecule has 2 bridgehead atoms. The molecular formula is C12H20. The van der Waals surface area contributed by atoms with Crippen molar-refractivity contribution in [3.8, 4) is 0 Å². The SMILES string of the molecule is CC1=C(C)C2CC1CC2C(C)C. The second kappa shape index (κ2) is 2.61. The summed E-state index contributed by atoms with van der Waals surface area (Å²) in [7, 11) is 0. The van der Waals surface area contributed by atoms with E-state index in [9.17, 15) is 0 Å². The molecule has 1 fully saturated rings. The predicted octanol–water partition coefficient (Wildman–Crippen LogP) is 3.63. The van der Waals surface area contributed by atoms with Gasteiger partial charge in [0.15, 0.2) is 0 Å². The number of hydrogen-bond donors (Lipinski definition) is 0. The molecule has 0 aliphatic heterocycles. The number of fused-ring (bicyclic) bond motifs is 2. The Morgan fingerprint density at radius 2 is 1.75 bits per heavy atom. The van der Waals surface area contributed by atoms with Crippen LogP contribution >= 0.6 is 0 Å². The van der Waals surface area contributed by atoms with E-state index in [0.29, 0.717) is 0 Å². The Hall–Kier alpha value is -0.260. The van der Waals surface area contributed by atoms with Crippen LogP contribution in [0.4, 0.5) is 0 Å². The van der Waals surface area contributed by atoms with Crippen molar-refractivity contribution in [2.75, 3.05) is 0 Å². The predicted molar refractivity (Wildman–Crippen MR) is 52.9 cm³/mol. The molecule has 3 atom stereocenters. The maximum absolute atomic E-state index is 2.38. The van der Waals surface area contributed by atoms with Gasteiger partial charge in [0.25, 0.3) is 0 Å². The summed E-state index contributed by atoms with van der Waals surface area (Å²) in [6.45, 7) is 9.47. The van der Waals surface area contributed by atoms with E-state index in [-0.39, 0.29) is 0 Å². The molecule has 0 N–H and O–H groups in total. The first-order chi connectivity index (χ1) is 5.61. The fourth-order valence-corrected chi connectivity index (χ4v) is 3.27. The summed E-state index contributed by atoms with van der Waals surface area (Å²) in [5.74, 6) is 3.80. The minimum absolute atomic E-state index is 0.892. The van der Waals surface area contributed by atoms with Gasteiger partial charge in [-0.3, -0.25) is 0 Å². The van der Waals surface area contributed by atoms with Crippen LogP contribution in [-0.4, -0.2) is 0 Å². The molecule has 0 heteroatoms. The summed E-state index contributed by atoms with van der Waals surface area (Å²) >= 11 is 0. The van der Waals surface area contributed by atoms with Gasteiger partial charge in [-0.25, -0.2) is 0 Å². The lowest BCUT2D eigenvalue weighted by molar-refractivity contribution is 0.316. The molecule has 68 valence electrons. The number of allylic oxidation sites excluding steroid dienone is 2.